The lowest BCUT2D eigenvalue weighted by Gasteiger charge is -2.09. The molecule has 0 aliphatic carbocycles. The van der Waals surface area contributed by atoms with E-state index in [1.54, 1.807) is 0 Å². The first kappa shape index (κ1) is 71.5. The Hall–Kier alpha value is -12.8. The predicted octanol–water partition coefficient (Wildman–Crippen LogP) is 26.7. The summed E-state index contributed by atoms with van der Waals surface area (Å²) in [5.74, 6) is 0. The minimum atomic E-state index is 1.03. The molecule has 0 unspecified atom stereocenters. The van der Waals surface area contributed by atoms with Crippen molar-refractivity contribution in [3.63, 3.8) is 0 Å². The molecule has 0 N–H and O–H groups in total. The minimum absolute atomic E-state index is 1.03. The van der Waals surface area contributed by atoms with Crippen LogP contribution in [0.5, 0.6) is 0 Å². The molecule has 0 saturated carbocycles. The van der Waals surface area contributed by atoms with Gasteiger partial charge in [0, 0.05) is 46.5 Å². The van der Waals surface area contributed by atoms with E-state index in [0.717, 1.165) is 28.5 Å². The maximum atomic E-state index is 4.44. The molecule has 0 fully saturated rings. The van der Waals surface area contributed by atoms with E-state index < -0.39 is 0 Å². The van der Waals surface area contributed by atoms with Gasteiger partial charge in [-0.1, -0.05) is 345 Å². The molecule has 4 aromatic heterocycles. The third kappa shape index (κ3) is 20.7. The molecule has 4 nitrogen and oxygen atoms in total. The van der Waals surface area contributed by atoms with Crippen molar-refractivity contribution in [1.29, 1.82) is 0 Å². The van der Waals surface area contributed by atoms with Crippen LogP contribution in [0.2, 0.25) is 0 Å². The third-order valence-electron chi connectivity index (χ3n) is 17.5. The molecule has 17 rings (SSSR count). The Labute approximate surface area is 609 Å². The van der Waals surface area contributed by atoms with Gasteiger partial charge >= 0.3 is 0 Å². The van der Waals surface area contributed by atoms with Crippen molar-refractivity contribution < 1.29 is 0 Å². The van der Waals surface area contributed by atoms with E-state index in [2.05, 4.69) is 321 Å². The number of benzene rings is 13. The molecule has 0 radical (unpaired) electrons. The minimum Gasteiger partial charge on any atom is -0.256 e. The van der Waals surface area contributed by atoms with Crippen molar-refractivity contribution in [1.82, 2.24) is 19.9 Å². The van der Waals surface area contributed by atoms with E-state index in [1.807, 2.05) is 142 Å². The lowest BCUT2D eigenvalue weighted by molar-refractivity contribution is 1.21. The highest BCUT2D eigenvalue weighted by Gasteiger charge is 2.07. The molecule has 0 saturated heterocycles. The highest BCUT2D eigenvalue weighted by Crippen LogP contribution is 2.32. The van der Waals surface area contributed by atoms with Gasteiger partial charge < -0.3 is 0 Å². The van der Waals surface area contributed by atoms with Crippen LogP contribution >= 0.6 is 0 Å². The molecule has 0 spiro atoms. The number of pyridine rings is 4. The van der Waals surface area contributed by atoms with E-state index in [9.17, 15) is 0 Å². The van der Waals surface area contributed by atoms with Crippen molar-refractivity contribution >= 4 is 32.3 Å². The second-order valence-corrected chi connectivity index (χ2v) is 25.4. The molecule has 4 heteroatoms. The van der Waals surface area contributed by atoms with Gasteiger partial charge in [0.05, 0.1) is 22.8 Å². The average Bonchev–Trinajstić information content (AvgIpc) is 0.810. The van der Waals surface area contributed by atoms with Crippen LogP contribution in [0.4, 0.5) is 0 Å². The zero-order chi connectivity index (χ0) is 71.4. The summed E-state index contributed by atoms with van der Waals surface area (Å²) in [7, 11) is 0. The van der Waals surface area contributed by atoms with Crippen molar-refractivity contribution in [3.8, 4) is 78.4 Å². The normalized spacial score (nSPS) is 10.3. The predicted molar refractivity (Wildman–Crippen MR) is 440 cm³/mol. The fraction of sp³-hybridized carbons (Fsp3) is 0.0707. The zero-order valence-corrected chi connectivity index (χ0v) is 59.8. The van der Waals surface area contributed by atoms with Crippen LogP contribution in [0.1, 0.15) is 39.1 Å². The highest BCUT2D eigenvalue weighted by atomic mass is 14.7. The Morgan fingerprint density at radius 3 is 1.27 bits per heavy atom. The van der Waals surface area contributed by atoms with Gasteiger partial charge in [0.15, 0.2) is 0 Å². The summed E-state index contributed by atoms with van der Waals surface area (Å²) in [6.45, 7) is 14.6. The third-order valence-corrected chi connectivity index (χ3v) is 17.5. The fourth-order valence-electron chi connectivity index (χ4n) is 11.9. The van der Waals surface area contributed by atoms with Gasteiger partial charge in [-0.05, 0) is 179 Å². The summed E-state index contributed by atoms with van der Waals surface area (Å²) in [5, 5.41) is 7.88. The maximum Gasteiger partial charge on any atom is 0.0731 e. The number of rotatable bonds is 7. The number of aromatic nitrogens is 4. The first-order chi connectivity index (χ1) is 50.5. The highest BCUT2D eigenvalue weighted by molar-refractivity contribution is 5.99. The topological polar surface area (TPSA) is 51.6 Å². The Kier molecular flexibility index (Phi) is 25.6. The Bertz CT molecular complexity index is 5320. The van der Waals surface area contributed by atoms with Crippen molar-refractivity contribution in [2.24, 2.45) is 0 Å². The quantitative estimate of drug-likeness (QED) is 0.160. The standard InChI is InChI=1S/3C17H14.4C12H11N/c1-13-9-11-15(12-10-13)17-8-4-6-14-5-2-3-7-16(14)17;1-13-11-12-16(14-7-3-2-4-8-14)17-10-6-5-9-15(13)17;1-13-6-8-15(9-7-13)17-11-10-14-4-2-3-5-16(14)12-17;1-10-6-5-9-13-12(10)11-7-3-2-4-8-11;1-10-6-5-9-12(13-10)11-7-3-2-4-8-11;1-10-7-8-13-12(9-10)11-5-3-2-4-6-11;1-10-7-8-12(13-9-10)11-5-3-2-4-6-11/h3*2-12H,1H3;4*2-9H,1H3. The summed E-state index contributed by atoms with van der Waals surface area (Å²) in [6, 6.07) is 130. The largest absolute Gasteiger partial charge is 0.256 e. The second-order valence-electron chi connectivity index (χ2n) is 25.4. The van der Waals surface area contributed by atoms with E-state index >= 15 is 0 Å². The maximum absolute atomic E-state index is 4.44. The van der Waals surface area contributed by atoms with E-state index in [1.165, 1.54) is 121 Å². The van der Waals surface area contributed by atoms with E-state index in [0.29, 0.717) is 0 Å². The molecule has 0 aliphatic rings. The molecule has 13 aromatic carbocycles. The van der Waals surface area contributed by atoms with Crippen LogP contribution < -0.4 is 0 Å². The van der Waals surface area contributed by atoms with Crippen molar-refractivity contribution in [2.75, 3.05) is 0 Å². The SMILES string of the molecule is Cc1ccc(-c2ccc3ccccc3c2)cc1.Cc1ccc(-c2cccc3ccccc23)cc1.Cc1ccc(-c2ccccc2)c2ccccc12.Cc1ccc(-c2ccccc2)nc1.Cc1cccc(-c2ccccc2)n1.Cc1cccnc1-c1ccccc1.Cc1ccnc(-c2ccccc2)c1. The second kappa shape index (κ2) is 36.9. The van der Waals surface area contributed by atoms with Crippen LogP contribution in [0.25, 0.3) is 111 Å². The number of fused-ring (bicyclic) bond motifs is 3. The monoisotopic (exact) mass is 1330 g/mol. The van der Waals surface area contributed by atoms with Crippen LogP contribution in [-0.4, -0.2) is 19.9 Å². The molecule has 17 aromatic rings. The van der Waals surface area contributed by atoms with Gasteiger partial charge in [0.2, 0.25) is 0 Å². The summed E-state index contributed by atoms with van der Waals surface area (Å²) in [4.78, 5) is 17.5. The van der Waals surface area contributed by atoms with Crippen LogP contribution in [0.3, 0.4) is 0 Å². The molecule has 0 atom stereocenters. The number of nitrogens with zero attached hydrogens (tertiary/aromatic N) is 4. The van der Waals surface area contributed by atoms with Gasteiger partial charge in [-0.25, -0.2) is 0 Å². The van der Waals surface area contributed by atoms with Crippen LogP contribution in [-0.2, 0) is 0 Å². The molecule has 103 heavy (non-hydrogen) atoms. The first-order valence-corrected chi connectivity index (χ1v) is 35.1. The van der Waals surface area contributed by atoms with Crippen LogP contribution in [0.15, 0.2) is 395 Å². The van der Waals surface area contributed by atoms with Gasteiger partial charge in [0.1, 0.15) is 0 Å². The fourth-order valence-corrected chi connectivity index (χ4v) is 11.9. The number of hydrogen-bond acceptors (Lipinski definition) is 4. The Morgan fingerprint density at radius 2 is 0.680 bits per heavy atom. The molecule has 4 heterocycles. The summed E-state index contributed by atoms with van der Waals surface area (Å²) in [6.07, 6.45) is 5.56. The Balaban J connectivity index is 0.000000121. The summed E-state index contributed by atoms with van der Waals surface area (Å²) < 4.78 is 0. The number of aryl methyl sites for hydroxylation is 7. The van der Waals surface area contributed by atoms with E-state index in [-0.39, 0.29) is 0 Å². The molecule has 0 amide bonds. The molecule has 0 aliphatic heterocycles. The van der Waals surface area contributed by atoms with Gasteiger partial charge in [-0.2, -0.15) is 0 Å². The van der Waals surface area contributed by atoms with Crippen molar-refractivity contribution in [2.45, 2.75) is 48.5 Å². The summed E-state index contributed by atoms with van der Waals surface area (Å²) in [5.41, 5.74) is 25.3. The van der Waals surface area contributed by atoms with Gasteiger partial charge in [-0.3, -0.25) is 19.9 Å². The molecule has 0 bridgehead atoms. The average molecular weight is 1330 g/mol. The summed E-state index contributed by atoms with van der Waals surface area (Å²) >= 11 is 0. The molecular weight excluding hydrogens is 1250 g/mol. The lowest BCUT2D eigenvalue weighted by atomic mass is 9.96. The first-order valence-electron chi connectivity index (χ1n) is 35.1. The molecular formula is C99H86N4. The van der Waals surface area contributed by atoms with Gasteiger partial charge in [0.25, 0.3) is 0 Å². The lowest BCUT2D eigenvalue weighted by Crippen LogP contribution is -1.85. The Morgan fingerprint density at radius 1 is 0.204 bits per heavy atom. The smallest absolute Gasteiger partial charge is 0.0731 e. The zero-order valence-electron chi connectivity index (χ0n) is 59.8. The molecule has 502 valence electrons. The number of hydrogen-bond donors (Lipinski definition) is 0. The van der Waals surface area contributed by atoms with Crippen LogP contribution in [0, 0.1) is 48.5 Å². The van der Waals surface area contributed by atoms with E-state index in [4.69, 9.17) is 0 Å². The van der Waals surface area contributed by atoms with Gasteiger partial charge in [-0.15, -0.1) is 0 Å². The van der Waals surface area contributed by atoms with Crippen molar-refractivity contribution in [3.05, 3.63) is 434 Å².